The number of rotatable bonds is 9. The van der Waals surface area contributed by atoms with Gasteiger partial charge in [0.1, 0.15) is 22.1 Å². The van der Waals surface area contributed by atoms with E-state index < -0.39 is 0 Å². The van der Waals surface area contributed by atoms with Gasteiger partial charge in [0.15, 0.2) is 17.2 Å². The Morgan fingerprint density at radius 2 is 2.02 bits per heavy atom. The van der Waals surface area contributed by atoms with Gasteiger partial charge in [-0.15, -0.1) is 0 Å². The largest absolute Gasteiger partial charge is 0.454 e. The quantitative estimate of drug-likeness (QED) is 0.284. The highest BCUT2D eigenvalue weighted by atomic mass is 35.5. The van der Waals surface area contributed by atoms with Crippen molar-refractivity contribution in [3.63, 3.8) is 0 Å². The van der Waals surface area contributed by atoms with Crippen molar-refractivity contribution in [3.8, 4) is 11.5 Å². The van der Waals surface area contributed by atoms with Crippen LogP contribution in [0.3, 0.4) is 0 Å². The number of halogens is 1. The molecule has 4 aromatic rings. The van der Waals surface area contributed by atoms with Crippen LogP contribution in [-0.2, 0) is 22.0 Å². The molecule has 0 aromatic carbocycles. The molecule has 0 spiro atoms. The number of nitrogens with zero attached hydrogens (tertiary/aromatic N) is 7. The molecule has 0 radical (unpaired) electrons. The normalized spacial score (nSPS) is 15.9. The van der Waals surface area contributed by atoms with E-state index in [0.29, 0.717) is 45.3 Å². The number of likely N-dealkylation sites (tertiary alicyclic amines) is 1. The van der Waals surface area contributed by atoms with E-state index in [2.05, 4.69) is 62.0 Å². The van der Waals surface area contributed by atoms with Crippen molar-refractivity contribution in [2.75, 3.05) is 44.0 Å². The minimum absolute atomic E-state index is 0.0942. The highest BCUT2D eigenvalue weighted by molar-refractivity contribution is 6.36. The van der Waals surface area contributed by atoms with Crippen molar-refractivity contribution in [1.82, 2.24) is 34.2 Å². The number of hydrogen-bond acceptors (Lipinski definition) is 9. The van der Waals surface area contributed by atoms with Gasteiger partial charge in [-0.05, 0) is 12.5 Å². The first-order chi connectivity index (χ1) is 19.5. The second kappa shape index (κ2) is 11.6. The molecular formula is C28H36ClN9O3. The standard InChI is InChI=1S/C28H36ClN9O3/c1-17(39)32-22-13-19(7-9-30-22)41-20-15-31-26-25(24(20)29)36(5)27(34-26)33-23-14-21(28(2,3)4)38(35-23)18-8-10-37(16-18)11-12-40-6/h7,9,13-15,18H,8,10-12,16H2,1-6H3,(H,30,32,39)(H,31,33,34,35). The smallest absolute Gasteiger partial charge is 0.222 e. The lowest BCUT2D eigenvalue weighted by molar-refractivity contribution is -0.114. The van der Waals surface area contributed by atoms with Gasteiger partial charge in [0.2, 0.25) is 11.9 Å². The summed E-state index contributed by atoms with van der Waals surface area (Å²) < 4.78 is 15.3. The highest BCUT2D eigenvalue weighted by Crippen LogP contribution is 2.37. The first-order valence-electron chi connectivity index (χ1n) is 13.5. The van der Waals surface area contributed by atoms with Crippen molar-refractivity contribution in [2.45, 2.75) is 45.6 Å². The molecular weight excluding hydrogens is 546 g/mol. The van der Waals surface area contributed by atoms with Crippen LogP contribution in [0, 0.1) is 0 Å². The number of amides is 1. The lowest BCUT2D eigenvalue weighted by Crippen LogP contribution is -2.27. The second-order valence-electron chi connectivity index (χ2n) is 11.2. The molecule has 41 heavy (non-hydrogen) atoms. The molecule has 4 aromatic heterocycles. The third kappa shape index (κ3) is 6.29. The summed E-state index contributed by atoms with van der Waals surface area (Å²) in [4.78, 5) is 27.1. The Balaban J connectivity index is 1.40. The first kappa shape index (κ1) is 28.8. The number of nitrogens with one attached hydrogen (secondary N) is 2. The van der Waals surface area contributed by atoms with Gasteiger partial charge in [0.05, 0.1) is 18.8 Å². The van der Waals surface area contributed by atoms with Crippen LogP contribution < -0.4 is 15.4 Å². The third-order valence-corrected chi connectivity index (χ3v) is 7.38. The predicted octanol–water partition coefficient (Wildman–Crippen LogP) is 4.90. The number of ether oxygens (including phenoxy) is 2. The number of aromatic nitrogens is 6. The van der Waals surface area contributed by atoms with E-state index in [1.807, 2.05) is 11.6 Å². The number of pyridine rings is 2. The fourth-order valence-corrected chi connectivity index (χ4v) is 5.29. The number of anilines is 3. The maximum Gasteiger partial charge on any atom is 0.222 e. The topological polar surface area (TPSA) is 124 Å². The number of carbonyl (C=O) groups excluding carboxylic acids is 1. The Bertz CT molecular complexity index is 1560. The van der Waals surface area contributed by atoms with Crippen molar-refractivity contribution < 1.29 is 14.3 Å². The SMILES string of the molecule is COCCN1CCC(n2nc(Nc3nc4ncc(Oc5ccnc(NC(C)=O)c5)c(Cl)c4n3C)cc2C(C)(C)C)C1. The average molecular weight is 582 g/mol. The monoisotopic (exact) mass is 581 g/mol. The summed E-state index contributed by atoms with van der Waals surface area (Å²) in [5.74, 6) is 2.23. The Morgan fingerprint density at radius 3 is 2.76 bits per heavy atom. The van der Waals surface area contributed by atoms with E-state index >= 15 is 0 Å². The van der Waals surface area contributed by atoms with Crippen LogP contribution in [0.1, 0.15) is 45.9 Å². The number of imidazole rings is 1. The fourth-order valence-electron chi connectivity index (χ4n) is 4.99. The van der Waals surface area contributed by atoms with Gasteiger partial charge in [-0.1, -0.05) is 32.4 Å². The molecule has 0 saturated carbocycles. The Morgan fingerprint density at radius 1 is 1.22 bits per heavy atom. The second-order valence-corrected chi connectivity index (χ2v) is 11.6. The summed E-state index contributed by atoms with van der Waals surface area (Å²) in [5.41, 5.74) is 2.15. The molecule has 1 aliphatic heterocycles. The number of fused-ring (bicyclic) bond motifs is 1. The maximum absolute atomic E-state index is 11.4. The summed E-state index contributed by atoms with van der Waals surface area (Å²) in [5, 5.41) is 11.4. The molecule has 2 N–H and O–H groups in total. The van der Waals surface area contributed by atoms with Crippen molar-refractivity contribution in [3.05, 3.63) is 41.3 Å². The van der Waals surface area contributed by atoms with E-state index in [0.717, 1.165) is 38.4 Å². The van der Waals surface area contributed by atoms with Gasteiger partial charge in [-0.3, -0.25) is 14.4 Å². The van der Waals surface area contributed by atoms with Crippen molar-refractivity contribution in [1.29, 1.82) is 0 Å². The van der Waals surface area contributed by atoms with Gasteiger partial charge >= 0.3 is 0 Å². The van der Waals surface area contributed by atoms with Gasteiger partial charge in [0, 0.05) is 70.2 Å². The summed E-state index contributed by atoms with van der Waals surface area (Å²) in [6.45, 7) is 11.6. The van der Waals surface area contributed by atoms with Gasteiger partial charge < -0.3 is 24.7 Å². The van der Waals surface area contributed by atoms with E-state index in [1.165, 1.54) is 13.1 Å². The summed E-state index contributed by atoms with van der Waals surface area (Å²) in [6, 6.07) is 5.67. The Kier molecular flexibility index (Phi) is 8.16. The van der Waals surface area contributed by atoms with Crippen molar-refractivity contribution in [2.24, 2.45) is 7.05 Å². The Hall–Kier alpha value is -3.74. The molecule has 0 aliphatic carbocycles. The molecule has 1 saturated heterocycles. The zero-order chi connectivity index (χ0) is 29.3. The predicted molar refractivity (Wildman–Crippen MR) is 158 cm³/mol. The number of hydrogen-bond donors (Lipinski definition) is 2. The molecule has 1 unspecified atom stereocenters. The fraction of sp³-hybridized carbons (Fsp3) is 0.464. The minimum Gasteiger partial charge on any atom is -0.454 e. The maximum atomic E-state index is 11.4. The molecule has 5 heterocycles. The molecule has 1 fully saturated rings. The number of aryl methyl sites for hydroxylation is 1. The molecule has 13 heteroatoms. The summed E-state index contributed by atoms with van der Waals surface area (Å²) in [6.07, 6.45) is 4.11. The van der Waals surface area contributed by atoms with Crippen LogP contribution in [0.4, 0.5) is 17.6 Å². The lowest BCUT2D eigenvalue weighted by Gasteiger charge is -2.23. The van der Waals surface area contributed by atoms with Gasteiger partial charge in [-0.25, -0.2) is 9.97 Å². The first-order valence-corrected chi connectivity index (χ1v) is 13.9. The minimum atomic E-state index is -0.225. The van der Waals surface area contributed by atoms with Crippen LogP contribution in [0.15, 0.2) is 30.6 Å². The van der Waals surface area contributed by atoms with Gasteiger partial charge in [-0.2, -0.15) is 10.1 Å². The van der Waals surface area contributed by atoms with E-state index in [1.54, 1.807) is 25.4 Å². The van der Waals surface area contributed by atoms with Crippen LogP contribution in [-0.4, -0.2) is 73.5 Å². The molecule has 0 bridgehead atoms. The number of carbonyl (C=O) groups is 1. The number of methoxy groups -OCH3 is 1. The molecule has 1 amide bonds. The van der Waals surface area contributed by atoms with Crippen LogP contribution in [0.2, 0.25) is 5.02 Å². The van der Waals surface area contributed by atoms with E-state index in [4.69, 9.17) is 26.2 Å². The Labute approximate surface area is 244 Å². The van der Waals surface area contributed by atoms with Crippen LogP contribution >= 0.6 is 11.6 Å². The summed E-state index contributed by atoms with van der Waals surface area (Å²) in [7, 11) is 3.60. The van der Waals surface area contributed by atoms with E-state index in [-0.39, 0.29) is 17.4 Å². The average Bonchev–Trinajstić information content (AvgIpc) is 3.62. The molecule has 5 rings (SSSR count). The van der Waals surface area contributed by atoms with Crippen LogP contribution in [0.5, 0.6) is 11.5 Å². The van der Waals surface area contributed by atoms with Gasteiger partial charge in [0.25, 0.3) is 0 Å². The van der Waals surface area contributed by atoms with Crippen molar-refractivity contribution >= 4 is 46.3 Å². The zero-order valence-electron chi connectivity index (χ0n) is 24.2. The molecule has 1 atom stereocenters. The summed E-state index contributed by atoms with van der Waals surface area (Å²) >= 11 is 6.79. The molecule has 218 valence electrons. The molecule has 1 aliphatic rings. The highest BCUT2D eigenvalue weighted by Gasteiger charge is 2.30. The van der Waals surface area contributed by atoms with E-state index in [9.17, 15) is 4.79 Å². The zero-order valence-corrected chi connectivity index (χ0v) is 25.0. The third-order valence-electron chi connectivity index (χ3n) is 7.02. The molecule has 12 nitrogen and oxygen atoms in total. The van der Waals surface area contributed by atoms with Crippen LogP contribution in [0.25, 0.3) is 11.2 Å². The lowest BCUT2D eigenvalue weighted by atomic mass is 9.91.